The van der Waals surface area contributed by atoms with E-state index in [0.717, 1.165) is 31.7 Å². The average molecular weight is 309 g/mol. The SMILES string of the molecule is CC(C)c1ccc(C=NN2CCN(c3cccc[nH+]3)CC2)cc1. The van der Waals surface area contributed by atoms with E-state index < -0.39 is 0 Å². The van der Waals surface area contributed by atoms with Crippen LogP contribution in [-0.2, 0) is 0 Å². The highest BCUT2D eigenvalue weighted by atomic mass is 15.5. The summed E-state index contributed by atoms with van der Waals surface area (Å²) in [4.78, 5) is 5.66. The molecule has 0 radical (unpaired) electrons. The van der Waals surface area contributed by atoms with Crippen LogP contribution in [0.3, 0.4) is 0 Å². The van der Waals surface area contributed by atoms with Gasteiger partial charge in [0.15, 0.2) is 0 Å². The van der Waals surface area contributed by atoms with Crippen LogP contribution in [0.2, 0.25) is 0 Å². The zero-order valence-corrected chi connectivity index (χ0v) is 13.9. The Labute approximate surface area is 138 Å². The summed E-state index contributed by atoms with van der Waals surface area (Å²) in [6.45, 7) is 8.31. The molecule has 0 bridgehead atoms. The average Bonchev–Trinajstić information content (AvgIpc) is 2.61. The third-order valence-corrected chi connectivity index (χ3v) is 4.26. The normalized spacial score (nSPS) is 15.6. The molecule has 2 aromatic rings. The Balaban J connectivity index is 1.54. The van der Waals surface area contributed by atoms with Gasteiger partial charge in [0.25, 0.3) is 5.82 Å². The van der Waals surface area contributed by atoms with Crippen molar-refractivity contribution in [2.45, 2.75) is 19.8 Å². The van der Waals surface area contributed by atoms with Crippen LogP contribution in [-0.4, -0.2) is 37.4 Å². The molecule has 1 aliphatic heterocycles. The maximum atomic E-state index is 4.63. The van der Waals surface area contributed by atoms with E-state index in [4.69, 9.17) is 0 Å². The Hall–Kier alpha value is -2.36. The largest absolute Gasteiger partial charge is 0.289 e. The molecule has 0 spiro atoms. The van der Waals surface area contributed by atoms with Gasteiger partial charge in [-0.3, -0.25) is 9.91 Å². The van der Waals surface area contributed by atoms with Crippen molar-refractivity contribution >= 4 is 12.0 Å². The standard InChI is InChI=1S/C19H24N4/c1-16(2)18-8-6-17(7-9-18)15-21-23-13-11-22(12-14-23)19-5-3-4-10-20-19/h3-10,15-16H,11-14H2,1-2H3/p+1. The molecule has 23 heavy (non-hydrogen) atoms. The van der Waals surface area contributed by atoms with E-state index in [1.807, 2.05) is 18.5 Å². The minimum Gasteiger partial charge on any atom is -0.289 e. The molecule has 0 aliphatic carbocycles. The van der Waals surface area contributed by atoms with Crippen LogP contribution in [0.4, 0.5) is 5.82 Å². The first-order chi connectivity index (χ1) is 11.2. The molecule has 1 saturated heterocycles. The molecular weight excluding hydrogens is 284 g/mol. The lowest BCUT2D eigenvalue weighted by molar-refractivity contribution is -0.364. The lowest BCUT2D eigenvalue weighted by Crippen LogP contribution is -2.45. The van der Waals surface area contributed by atoms with Crippen molar-refractivity contribution in [2.24, 2.45) is 5.10 Å². The first-order valence-corrected chi connectivity index (χ1v) is 8.33. The number of nitrogens with zero attached hydrogens (tertiary/aromatic N) is 3. The van der Waals surface area contributed by atoms with Crippen molar-refractivity contribution < 1.29 is 4.98 Å². The molecule has 0 unspecified atom stereocenters. The number of aromatic amines is 1. The predicted molar refractivity (Wildman–Crippen MR) is 94.9 cm³/mol. The van der Waals surface area contributed by atoms with Gasteiger partial charge in [0.05, 0.1) is 25.5 Å². The highest BCUT2D eigenvalue weighted by Gasteiger charge is 2.21. The molecule has 1 aromatic carbocycles. The maximum absolute atomic E-state index is 4.63. The van der Waals surface area contributed by atoms with Gasteiger partial charge in [-0.1, -0.05) is 44.2 Å². The molecule has 4 heteroatoms. The molecule has 0 saturated carbocycles. The molecule has 0 amide bonds. The van der Waals surface area contributed by atoms with Crippen LogP contribution < -0.4 is 9.88 Å². The number of hydrogen-bond donors (Lipinski definition) is 0. The van der Waals surface area contributed by atoms with Crippen LogP contribution in [0.5, 0.6) is 0 Å². The fraction of sp³-hybridized carbons (Fsp3) is 0.368. The fourth-order valence-corrected chi connectivity index (χ4v) is 2.75. The Morgan fingerprint density at radius 3 is 2.35 bits per heavy atom. The van der Waals surface area contributed by atoms with Crippen molar-refractivity contribution in [2.75, 3.05) is 31.1 Å². The second-order valence-electron chi connectivity index (χ2n) is 6.25. The molecule has 3 rings (SSSR count). The highest BCUT2D eigenvalue weighted by molar-refractivity contribution is 5.79. The van der Waals surface area contributed by atoms with Crippen molar-refractivity contribution in [3.8, 4) is 0 Å². The Kier molecular flexibility index (Phi) is 4.91. The van der Waals surface area contributed by atoms with Crippen molar-refractivity contribution in [3.63, 3.8) is 0 Å². The first kappa shape index (κ1) is 15.5. The monoisotopic (exact) mass is 309 g/mol. The molecule has 1 aliphatic rings. The first-order valence-electron chi connectivity index (χ1n) is 8.33. The quantitative estimate of drug-likeness (QED) is 0.814. The highest BCUT2D eigenvalue weighted by Crippen LogP contribution is 2.14. The number of hydrazone groups is 1. The number of hydrogen-bond acceptors (Lipinski definition) is 3. The van der Waals surface area contributed by atoms with Crippen LogP contribution in [0.25, 0.3) is 0 Å². The molecule has 4 nitrogen and oxygen atoms in total. The zero-order valence-electron chi connectivity index (χ0n) is 13.9. The van der Waals surface area contributed by atoms with Gasteiger partial charge in [-0.25, -0.2) is 4.98 Å². The molecule has 120 valence electrons. The van der Waals surface area contributed by atoms with E-state index in [1.54, 1.807) is 0 Å². The number of pyridine rings is 1. The van der Waals surface area contributed by atoms with Crippen molar-refractivity contribution in [3.05, 3.63) is 59.8 Å². The van der Waals surface area contributed by atoms with Gasteiger partial charge in [0, 0.05) is 6.07 Å². The van der Waals surface area contributed by atoms with Gasteiger partial charge in [0.2, 0.25) is 0 Å². The Bertz CT molecular complexity index is 626. The van der Waals surface area contributed by atoms with Gasteiger partial charge >= 0.3 is 0 Å². The number of nitrogens with one attached hydrogen (secondary N) is 1. The summed E-state index contributed by atoms with van der Waals surface area (Å²) in [6.07, 6.45) is 3.94. The number of aromatic nitrogens is 1. The molecular formula is C19H25N4+. The minimum absolute atomic E-state index is 0.573. The number of rotatable bonds is 4. The van der Waals surface area contributed by atoms with Crippen LogP contribution in [0, 0.1) is 0 Å². The van der Waals surface area contributed by atoms with E-state index in [9.17, 15) is 0 Å². The topological polar surface area (TPSA) is 33.0 Å². The number of H-pyrrole nitrogens is 1. The van der Waals surface area contributed by atoms with E-state index in [-0.39, 0.29) is 0 Å². The second kappa shape index (κ2) is 7.27. The predicted octanol–water partition coefficient (Wildman–Crippen LogP) is 2.78. The van der Waals surface area contributed by atoms with E-state index in [2.05, 4.69) is 70.2 Å². The van der Waals surface area contributed by atoms with Crippen molar-refractivity contribution in [1.29, 1.82) is 0 Å². The third-order valence-electron chi connectivity index (χ3n) is 4.26. The van der Waals surface area contributed by atoms with Crippen LogP contribution in [0.1, 0.15) is 30.9 Å². The molecule has 1 N–H and O–H groups in total. The second-order valence-corrected chi connectivity index (χ2v) is 6.25. The summed E-state index contributed by atoms with van der Waals surface area (Å²) in [5.41, 5.74) is 2.53. The summed E-state index contributed by atoms with van der Waals surface area (Å²) in [6, 6.07) is 14.9. The lowest BCUT2D eigenvalue weighted by atomic mass is 10.0. The number of piperazine rings is 1. The van der Waals surface area contributed by atoms with Gasteiger partial charge in [-0.2, -0.15) is 5.10 Å². The Morgan fingerprint density at radius 2 is 1.74 bits per heavy atom. The van der Waals surface area contributed by atoms with Gasteiger partial charge in [-0.05, 0) is 23.1 Å². The van der Waals surface area contributed by atoms with E-state index >= 15 is 0 Å². The van der Waals surface area contributed by atoms with Gasteiger partial charge < -0.3 is 0 Å². The summed E-state index contributed by atoms with van der Waals surface area (Å²) in [7, 11) is 0. The maximum Gasteiger partial charge on any atom is 0.274 e. The molecule has 1 aromatic heterocycles. The summed E-state index contributed by atoms with van der Waals surface area (Å²) in [5, 5.41) is 6.78. The zero-order chi connectivity index (χ0) is 16.1. The van der Waals surface area contributed by atoms with E-state index in [1.165, 1.54) is 11.4 Å². The number of benzene rings is 1. The summed E-state index contributed by atoms with van der Waals surface area (Å²) < 4.78 is 0. The van der Waals surface area contributed by atoms with Crippen LogP contribution in [0.15, 0.2) is 53.8 Å². The smallest absolute Gasteiger partial charge is 0.274 e. The van der Waals surface area contributed by atoms with Crippen LogP contribution >= 0.6 is 0 Å². The Morgan fingerprint density at radius 1 is 1.00 bits per heavy atom. The van der Waals surface area contributed by atoms with E-state index in [0.29, 0.717) is 5.92 Å². The minimum atomic E-state index is 0.573. The third kappa shape index (κ3) is 4.09. The summed E-state index contributed by atoms with van der Waals surface area (Å²) in [5.74, 6) is 1.75. The summed E-state index contributed by atoms with van der Waals surface area (Å²) >= 11 is 0. The molecule has 2 heterocycles. The lowest BCUT2D eigenvalue weighted by Gasteiger charge is -2.28. The molecule has 0 atom stereocenters. The van der Waals surface area contributed by atoms with Gasteiger partial charge in [-0.15, -0.1) is 0 Å². The van der Waals surface area contributed by atoms with Crippen molar-refractivity contribution in [1.82, 2.24) is 5.01 Å². The number of anilines is 1. The van der Waals surface area contributed by atoms with Gasteiger partial charge in [0.1, 0.15) is 13.1 Å². The molecule has 1 fully saturated rings. The fourth-order valence-electron chi connectivity index (χ4n) is 2.75.